The number of nitrogens with zero attached hydrogens (tertiary/aromatic N) is 4. The molecule has 11 rings (SSSR count). The van der Waals surface area contributed by atoms with Crippen molar-refractivity contribution in [1.82, 2.24) is 19.9 Å². The second-order valence-corrected chi connectivity index (χ2v) is 13.4. The van der Waals surface area contributed by atoms with Crippen molar-refractivity contribution in [3.8, 4) is 33.5 Å². The van der Waals surface area contributed by atoms with Crippen molar-refractivity contribution < 1.29 is 0 Å². The molecule has 4 aromatic heterocycles. The molecule has 4 nitrogen and oxygen atoms in total. The number of para-hydroxylation sites is 1. The van der Waals surface area contributed by atoms with Crippen LogP contribution in [0.3, 0.4) is 0 Å². The Bertz CT molecular complexity index is 3260. The Morgan fingerprint density at radius 1 is 0.327 bits per heavy atom. The van der Waals surface area contributed by atoms with Crippen LogP contribution in [0.25, 0.3) is 109 Å². The highest BCUT2D eigenvalue weighted by Gasteiger charge is 2.19. The minimum Gasteiger partial charge on any atom is -0.256 e. The SMILES string of the molecule is c1cc(-c2ccc(-c3ccnc4c3ccc3cccnc34)c3cccnc23)cc(-c2nc3ccccc3c3c4ccccc4c4ccccc4c23)c1. The highest BCUT2D eigenvalue weighted by atomic mass is 14.7. The van der Waals surface area contributed by atoms with Crippen LogP contribution in [0.1, 0.15) is 0 Å². The molecule has 0 aliphatic rings. The highest BCUT2D eigenvalue weighted by Crippen LogP contribution is 2.44. The molecule has 7 aromatic carbocycles. The maximum atomic E-state index is 5.41. The van der Waals surface area contributed by atoms with E-state index in [1.807, 2.05) is 30.7 Å². The molecule has 0 radical (unpaired) electrons. The van der Waals surface area contributed by atoms with Crippen LogP contribution in [-0.2, 0) is 0 Å². The van der Waals surface area contributed by atoms with Crippen molar-refractivity contribution in [2.75, 3.05) is 0 Å². The molecule has 0 aliphatic carbocycles. The smallest absolute Gasteiger partial charge is 0.0970 e. The second-order valence-electron chi connectivity index (χ2n) is 13.4. The molecule has 4 heterocycles. The van der Waals surface area contributed by atoms with Crippen molar-refractivity contribution in [2.45, 2.75) is 0 Å². The number of fused-ring (bicyclic) bond motifs is 12. The van der Waals surface area contributed by atoms with Crippen LogP contribution >= 0.6 is 0 Å². The van der Waals surface area contributed by atoms with Crippen molar-refractivity contribution in [3.05, 3.63) is 170 Å². The lowest BCUT2D eigenvalue weighted by atomic mass is 9.89. The van der Waals surface area contributed by atoms with Crippen molar-refractivity contribution in [2.24, 2.45) is 0 Å². The number of hydrogen-bond donors (Lipinski definition) is 0. The zero-order valence-corrected chi connectivity index (χ0v) is 28.0. The molecule has 0 N–H and O–H groups in total. The highest BCUT2D eigenvalue weighted by molar-refractivity contribution is 6.33. The molecule has 0 saturated carbocycles. The number of rotatable bonds is 3. The third kappa shape index (κ3) is 4.21. The topological polar surface area (TPSA) is 51.6 Å². The zero-order chi connectivity index (χ0) is 34.2. The Hall–Kier alpha value is -7.04. The Balaban J connectivity index is 1.15. The van der Waals surface area contributed by atoms with Gasteiger partial charge < -0.3 is 0 Å². The summed E-state index contributed by atoms with van der Waals surface area (Å²) in [4.78, 5) is 19.9. The third-order valence-electron chi connectivity index (χ3n) is 10.6. The first-order valence-corrected chi connectivity index (χ1v) is 17.6. The molecule has 0 spiro atoms. The van der Waals surface area contributed by atoms with E-state index >= 15 is 0 Å². The number of hydrogen-bond acceptors (Lipinski definition) is 4. The molecule has 0 aliphatic heterocycles. The Morgan fingerprint density at radius 3 is 1.79 bits per heavy atom. The molecular weight excluding hydrogens is 633 g/mol. The van der Waals surface area contributed by atoms with Crippen LogP contribution < -0.4 is 0 Å². The first kappa shape index (κ1) is 28.8. The molecule has 11 aromatic rings. The fraction of sp³-hybridized carbons (Fsp3) is 0. The van der Waals surface area contributed by atoms with Crippen LogP contribution in [0, 0.1) is 0 Å². The van der Waals surface area contributed by atoms with Gasteiger partial charge in [-0.2, -0.15) is 0 Å². The van der Waals surface area contributed by atoms with E-state index in [-0.39, 0.29) is 0 Å². The summed E-state index contributed by atoms with van der Waals surface area (Å²) in [6.45, 7) is 0. The average Bonchev–Trinajstić information content (AvgIpc) is 3.22. The molecular formula is C48H28N4. The van der Waals surface area contributed by atoms with E-state index in [2.05, 4.69) is 145 Å². The van der Waals surface area contributed by atoms with Gasteiger partial charge in [0.25, 0.3) is 0 Å². The fourth-order valence-electron chi connectivity index (χ4n) is 8.30. The van der Waals surface area contributed by atoms with Crippen LogP contribution in [-0.4, -0.2) is 19.9 Å². The summed E-state index contributed by atoms with van der Waals surface area (Å²) in [5.41, 5.74) is 10.2. The van der Waals surface area contributed by atoms with Gasteiger partial charge in [-0.1, -0.05) is 121 Å². The Kier molecular flexibility index (Phi) is 6.22. The summed E-state index contributed by atoms with van der Waals surface area (Å²) in [5, 5.41) is 11.8. The number of pyridine rings is 4. The quantitative estimate of drug-likeness (QED) is 0.177. The minimum atomic E-state index is 0.903. The van der Waals surface area contributed by atoms with Crippen molar-refractivity contribution >= 4 is 75.9 Å². The van der Waals surface area contributed by atoms with E-state index in [4.69, 9.17) is 15.0 Å². The molecule has 240 valence electrons. The van der Waals surface area contributed by atoms with E-state index in [0.29, 0.717) is 0 Å². The fourth-order valence-corrected chi connectivity index (χ4v) is 8.30. The van der Waals surface area contributed by atoms with Gasteiger partial charge in [-0.15, -0.1) is 0 Å². The lowest BCUT2D eigenvalue weighted by molar-refractivity contribution is 1.37. The van der Waals surface area contributed by atoms with Crippen molar-refractivity contribution in [3.63, 3.8) is 0 Å². The minimum absolute atomic E-state index is 0.903. The normalized spacial score (nSPS) is 11.8. The van der Waals surface area contributed by atoms with E-state index in [1.54, 1.807) is 0 Å². The molecule has 0 amide bonds. The van der Waals surface area contributed by atoms with Crippen LogP contribution in [0.4, 0.5) is 0 Å². The summed E-state index contributed by atoms with van der Waals surface area (Å²) in [7, 11) is 0. The molecule has 0 unspecified atom stereocenters. The van der Waals surface area contributed by atoms with Gasteiger partial charge in [-0.05, 0) is 68.6 Å². The third-order valence-corrected chi connectivity index (χ3v) is 10.6. The van der Waals surface area contributed by atoms with Gasteiger partial charge >= 0.3 is 0 Å². The monoisotopic (exact) mass is 660 g/mol. The molecule has 0 fully saturated rings. The van der Waals surface area contributed by atoms with Gasteiger partial charge in [0.1, 0.15) is 0 Å². The van der Waals surface area contributed by atoms with Crippen molar-refractivity contribution in [1.29, 1.82) is 0 Å². The summed E-state index contributed by atoms with van der Waals surface area (Å²) in [6, 6.07) is 53.9. The van der Waals surface area contributed by atoms with E-state index in [1.165, 1.54) is 32.3 Å². The second kappa shape index (κ2) is 11.2. The van der Waals surface area contributed by atoms with Crippen LogP contribution in [0.2, 0.25) is 0 Å². The first-order chi connectivity index (χ1) is 25.8. The molecule has 4 heteroatoms. The zero-order valence-electron chi connectivity index (χ0n) is 28.0. The predicted octanol–water partition coefficient (Wildman–Crippen LogP) is 12.3. The van der Waals surface area contributed by atoms with Gasteiger partial charge in [0.05, 0.1) is 27.8 Å². The lowest BCUT2D eigenvalue weighted by Gasteiger charge is -2.17. The molecule has 0 saturated heterocycles. The van der Waals surface area contributed by atoms with Crippen LogP contribution in [0.5, 0.6) is 0 Å². The van der Waals surface area contributed by atoms with Gasteiger partial charge in [0.15, 0.2) is 0 Å². The maximum absolute atomic E-state index is 5.41. The van der Waals surface area contributed by atoms with Gasteiger partial charge in [-0.25, -0.2) is 4.98 Å². The average molecular weight is 661 g/mol. The summed E-state index contributed by atoms with van der Waals surface area (Å²) in [5.74, 6) is 0. The van der Waals surface area contributed by atoms with E-state index in [0.717, 1.165) is 77.1 Å². The molecule has 52 heavy (non-hydrogen) atoms. The molecule has 0 bridgehead atoms. The van der Waals surface area contributed by atoms with Gasteiger partial charge in [0, 0.05) is 62.0 Å². The summed E-state index contributed by atoms with van der Waals surface area (Å²) in [6.07, 6.45) is 5.61. The Labute approximate surface area is 298 Å². The summed E-state index contributed by atoms with van der Waals surface area (Å²) < 4.78 is 0. The van der Waals surface area contributed by atoms with E-state index in [9.17, 15) is 0 Å². The standard InChI is InChI=1S/C48H28N4/c1-3-15-37-33(13-1)34-14-2-4-16-38(34)44-43(37)41-17-5-6-19-42(41)52-45(44)31-11-7-10-30(28-31)32-22-23-35(39-18-9-26-50-47(32)39)36-24-27-51-48-40(36)21-20-29-12-8-25-49-46(29)48/h1-28H. The Morgan fingerprint density at radius 2 is 0.942 bits per heavy atom. The largest absolute Gasteiger partial charge is 0.256 e. The van der Waals surface area contributed by atoms with E-state index < -0.39 is 0 Å². The predicted molar refractivity (Wildman–Crippen MR) is 216 cm³/mol. The first-order valence-electron chi connectivity index (χ1n) is 17.6. The van der Waals surface area contributed by atoms with Gasteiger partial charge in [0.2, 0.25) is 0 Å². The number of aromatic nitrogens is 4. The lowest BCUT2D eigenvalue weighted by Crippen LogP contribution is -1.94. The maximum Gasteiger partial charge on any atom is 0.0970 e. The van der Waals surface area contributed by atoms with Crippen LogP contribution in [0.15, 0.2) is 170 Å². The summed E-state index contributed by atoms with van der Waals surface area (Å²) >= 11 is 0. The molecule has 0 atom stereocenters. The van der Waals surface area contributed by atoms with Gasteiger partial charge in [-0.3, -0.25) is 15.0 Å². The number of benzene rings is 7.